The van der Waals surface area contributed by atoms with Gasteiger partial charge in [0.05, 0.1) is 11.5 Å². The molecule has 3 rings (SSSR count). The first-order valence-electron chi connectivity index (χ1n) is 10.5. The molecule has 0 aliphatic carbocycles. The van der Waals surface area contributed by atoms with Gasteiger partial charge in [-0.05, 0) is 48.9 Å². The van der Waals surface area contributed by atoms with Gasteiger partial charge in [0.25, 0.3) is 11.6 Å². The minimum Gasteiger partial charge on any atom is -0.377 e. The van der Waals surface area contributed by atoms with Crippen molar-refractivity contribution in [1.29, 1.82) is 0 Å². The minimum absolute atomic E-state index is 0.0195. The topological polar surface area (TPSA) is 84.7 Å². The maximum Gasteiger partial charge on any atom is 0.293 e. The molecule has 160 valence electrons. The number of nitrogens with zero attached hydrogens (tertiary/aromatic N) is 2. The van der Waals surface area contributed by atoms with Gasteiger partial charge in [0.15, 0.2) is 0 Å². The molecule has 30 heavy (non-hydrogen) atoms. The number of rotatable bonds is 8. The zero-order valence-corrected chi connectivity index (χ0v) is 17.6. The van der Waals surface area contributed by atoms with Gasteiger partial charge < -0.3 is 15.0 Å². The van der Waals surface area contributed by atoms with Gasteiger partial charge in [0.1, 0.15) is 5.69 Å². The third kappa shape index (κ3) is 5.36. The second kappa shape index (κ2) is 10.2. The number of amides is 1. The predicted octanol–water partition coefficient (Wildman–Crippen LogP) is 4.30. The van der Waals surface area contributed by atoms with Crippen molar-refractivity contribution in [3.05, 3.63) is 69.3 Å². The van der Waals surface area contributed by atoms with Crippen molar-refractivity contribution in [2.75, 3.05) is 24.6 Å². The smallest absolute Gasteiger partial charge is 0.293 e. The van der Waals surface area contributed by atoms with Gasteiger partial charge in [0, 0.05) is 37.9 Å². The first kappa shape index (κ1) is 21.8. The number of ether oxygens (including phenoxy) is 1. The van der Waals surface area contributed by atoms with E-state index in [9.17, 15) is 14.9 Å². The number of nitro benzene ring substituents is 1. The number of nitro groups is 1. The van der Waals surface area contributed by atoms with E-state index in [1.807, 2.05) is 36.1 Å². The van der Waals surface area contributed by atoms with E-state index >= 15 is 0 Å². The fourth-order valence-electron chi connectivity index (χ4n) is 3.69. The van der Waals surface area contributed by atoms with Crippen LogP contribution in [0.25, 0.3) is 0 Å². The molecule has 0 radical (unpaired) electrons. The fourth-order valence-corrected chi connectivity index (χ4v) is 3.69. The lowest BCUT2D eigenvalue weighted by atomic mass is 9.98. The van der Waals surface area contributed by atoms with E-state index in [2.05, 4.69) is 12.2 Å². The molecule has 0 spiro atoms. The van der Waals surface area contributed by atoms with E-state index in [4.69, 9.17) is 4.74 Å². The lowest BCUT2D eigenvalue weighted by Crippen LogP contribution is -2.33. The van der Waals surface area contributed by atoms with Crippen molar-refractivity contribution >= 4 is 17.3 Å². The van der Waals surface area contributed by atoms with Crippen LogP contribution >= 0.6 is 0 Å². The van der Waals surface area contributed by atoms with Crippen LogP contribution in [0.15, 0.2) is 42.5 Å². The molecule has 7 nitrogen and oxygen atoms in total. The van der Waals surface area contributed by atoms with Crippen LogP contribution in [0.4, 0.5) is 11.4 Å². The van der Waals surface area contributed by atoms with Gasteiger partial charge in [-0.2, -0.15) is 0 Å². The molecule has 2 aromatic carbocycles. The van der Waals surface area contributed by atoms with Gasteiger partial charge in [0.2, 0.25) is 0 Å². The highest BCUT2D eigenvalue weighted by atomic mass is 16.6. The summed E-state index contributed by atoms with van der Waals surface area (Å²) < 4.78 is 5.48. The van der Waals surface area contributed by atoms with Crippen LogP contribution in [0, 0.1) is 16.0 Å². The summed E-state index contributed by atoms with van der Waals surface area (Å²) in [6.07, 6.45) is 2.03. The molecule has 0 aromatic heterocycles. The Morgan fingerprint density at radius 3 is 2.57 bits per heavy atom. The Labute approximate surface area is 177 Å². The summed E-state index contributed by atoms with van der Waals surface area (Å²) in [5.41, 5.74) is 2.84. The van der Waals surface area contributed by atoms with Gasteiger partial charge in [-0.1, -0.05) is 31.2 Å². The number of nitrogens with one attached hydrogen (secondary N) is 1. The van der Waals surface area contributed by atoms with Crippen molar-refractivity contribution in [3.8, 4) is 0 Å². The molecular weight excluding hydrogens is 382 g/mol. The van der Waals surface area contributed by atoms with Crippen LogP contribution in [-0.2, 0) is 17.9 Å². The summed E-state index contributed by atoms with van der Waals surface area (Å²) >= 11 is 0. The molecule has 7 heteroatoms. The highest BCUT2D eigenvalue weighted by Gasteiger charge is 2.24. The third-order valence-electron chi connectivity index (χ3n) is 5.58. The molecule has 0 atom stereocenters. The molecule has 1 aliphatic rings. The van der Waals surface area contributed by atoms with Crippen LogP contribution in [-0.4, -0.2) is 30.5 Å². The number of carbonyl (C=O) groups is 1. The van der Waals surface area contributed by atoms with E-state index in [1.54, 1.807) is 12.1 Å². The molecule has 1 heterocycles. The molecule has 0 saturated carbocycles. The number of piperidine rings is 1. The van der Waals surface area contributed by atoms with Gasteiger partial charge in [-0.3, -0.25) is 14.9 Å². The predicted molar refractivity (Wildman–Crippen MR) is 117 cm³/mol. The molecule has 0 unspecified atom stereocenters. The summed E-state index contributed by atoms with van der Waals surface area (Å²) in [5, 5.41) is 14.5. The van der Waals surface area contributed by atoms with Crippen molar-refractivity contribution in [2.45, 2.75) is 39.8 Å². The van der Waals surface area contributed by atoms with Gasteiger partial charge >= 0.3 is 0 Å². The van der Waals surface area contributed by atoms with Crippen molar-refractivity contribution in [2.24, 2.45) is 5.92 Å². The van der Waals surface area contributed by atoms with Crippen LogP contribution in [0.2, 0.25) is 0 Å². The van der Waals surface area contributed by atoms with E-state index in [0.717, 1.165) is 37.1 Å². The maximum atomic E-state index is 12.7. The summed E-state index contributed by atoms with van der Waals surface area (Å²) in [6, 6.07) is 12.5. The maximum absolute atomic E-state index is 12.7. The average molecular weight is 412 g/mol. The van der Waals surface area contributed by atoms with E-state index in [-0.39, 0.29) is 17.2 Å². The minimum atomic E-state index is -0.401. The van der Waals surface area contributed by atoms with Crippen molar-refractivity contribution < 1.29 is 14.5 Å². The average Bonchev–Trinajstić information content (AvgIpc) is 2.76. The lowest BCUT2D eigenvalue weighted by molar-refractivity contribution is -0.384. The van der Waals surface area contributed by atoms with Crippen LogP contribution < -0.4 is 10.2 Å². The highest BCUT2D eigenvalue weighted by Crippen LogP contribution is 2.32. The van der Waals surface area contributed by atoms with Gasteiger partial charge in [-0.15, -0.1) is 0 Å². The molecule has 1 N–H and O–H groups in total. The molecule has 0 bridgehead atoms. The SMILES string of the molecule is CCOCc1ccccc1CNC(=O)c1ccc(N2CCC(C)CC2)c([N+](=O)[O-])c1. The monoisotopic (exact) mass is 411 g/mol. The Balaban J connectivity index is 1.72. The van der Waals surface area contributed by atoms with Crippen LogP contribution in [0.1, 0.15) is 48.2 Å². The quantitative estimate of drug-likeness (QED) is 0.517. The Bertz CT molecular complexity index is 892. The number of benzene rings is 2. The summed E-state index contributed by atoms with van der Waals surface area (Å²) in [7, 11) is 0. The lowest BCUT2D eigenvalue weighted by Gasteiger charge is -2.31. The second-order valence-corrected chi connectivity index (χ2v) is 7.72. The number of anilines is 1. The van der Waals surface area contributed by atoms with E-state index < -0.39 is 4.92 Å². The molecule has 1 aliphatic heterocycles. The normalized spacial score (nSPS) is 14.5. The van der Waals surface area contributed by atoms with Gasteiger partial charge in [-0.25, -0.2) is 0 Å². The Morgan fingerprint density at radius 2 is 1.90 bits per heavy atom. The molecule has 1 fully saturated rings. The summed E-state index contributed by atoms with van der Waals surface area (Å²) in [4.78, 5) is 26.0. The summed E-state index contributed by atoms with van der Waals surface area (Å²) in [6.45, 7) is 7.16. The first-order valence-corrected chi connectivity index (χ1v) is 10.5. The van der Waals surface area contributed by atoms with Crippen LogP contribution in [0.3, 0.4) is 0 Å². The van der Waals surface area contributed by atoms with Crippen molar-refractivity contribution in [1.82, 2.24) is 5.32 Å². The van der Waals surface area contributed by atoms with Crippen LogP contribution in [0.5, 0.6) is 0 Å². The van der Waals surface area contributed by atoms with Crippen molar-refractivity contribution in [3.63, 3.8) is 0 Å². The molecule has 2 aromatic rings. The van der Waals surface area contributed by atoms with E-state index in [1.165, 1.54) is 6.07 Å². The second-order valence-electron chi connectivity index (χ2n) is 7.72. The Morgan fingerprint density at radius 1 is 1.20 bits per heavy atom. The highest BCUT2D eigenvalue weighted by molar-refractivity contribution is 5.95. The fraction of sp³-hybridized carbons (Fsp3) is 0.435. The molecule has 1 amide bonds. The Hall–Kier alpha value is -2.93. The Kier molecular flexibility index (Phi) is 7.41. The zero-order chi connectivity index (χ0) is 21.5. The standard InChI is InChI=1S/C23H29N3O4/c1-3-30-16-20-7-5-4-6-19(20)15-24-23(27)18-8-9-21(22(14-18)26(28)29)25-12-10-17(2)11-13-25/h4-9,14,17H,3,10-13,15-16H2,1-2H3,(H,24,27). The number of hydrogen-bond donors (Lipinski definition) is 1. The van der Waals surface area contributed by atoms with E-state index in [0.29, 0.717) is 31.4 Å². The summed E-state index contributed by atoms with van der Waals surface area (Å²) in [5.74, 6) is 0.305. The largest absolute Gasteiger partial charge is 0.377 e. The third-order valence-corrected chi connectivity index (χ3v) is 5.58. The zero-order valence-electron chi connectivity index (χ0n) is 17.6. The molecule has 1 saturated heterocycles. The first-order chi connectivity index (χ1) is 14.5. The number of carbonyl (C=O) groups excluding carboxylic acids is 1. The molecular formula is C23H29N3O4. The number of hydrogen-bond acceptors (Lipinski definition) is 5.